The minimum Gasteiger partial charge on any atom is -0.478 e. The Bertz CT molecular complexity index is 468. The van der Waals surface area contributed by atoms with Gasteiger partial charge in [-0.3, -0.25) is 4.79 Å². The molecule has 6 nitrogen and oxygen atoms in total. The van der Waals surface area contributed by atoms with E-state index in [1.54, 1.807) is 10.7 Å². The normalized spacial score (nSPS) is 20.3. The Morgan fingerprint density at radius 1 is 1.40 bits per heavy atom. The molecule has 0 radical (unpaired) electrons. The zero-order chi connectivity index (χ0) is 14.1. The van der Waals surface area contributed by atoms with E-state index in [4.69, 9.17) is 4.74 Å². The molecule has 1 fully saturated rings. The molecule has 0 aromatic carbocycles. The number of nitrogens with zero attached hydrogens (tertiary/aromatic N) is 4. The second kappa shape index (κ2) is 5.44. The Hall–Kier alpha value is -1.56. The summed E-state index contributed by atoms with van der Waals surface area (Å²) >= 11 is 0. The molecule has 0 atom stereocenters. The van der Waals surface area contributed by atoms with E-state index in [-0.39, 0.29) is 5.91 Å². The van der Waals surface area contributed by atoms with Crippen LogP contribution in [0, 0.1) is 0 Å². The Balaban J connectivity index is 1.70. The lowest BCUT2D eigenvalue weighted by atomic mass is 10.0. The van der Waals surface area contributed by atoms with Crippen LogP contribution in [0.4, 0.5) is 0 Å². The first-order chi connectivity index (χ1) is 9.65. The summed E-state index contributed by atoms with van der Waals surface area (Å²) in [4.78, 5) is 16.7. The van der Waals surface area contributed by atoms with Crippen molar-refractivity contribution < 1.29 is 9.53 Å². The summed E-state index contributed by atoms with van der Waals surface area (Å²) < 4.78 is 7.31. The molecule has 1 aromatic heterocycles. The highest BCUT2D eigenvalue weighted by Crippen LogP contribution is 2.21. The summed E-state index contributed by atoms with van der Waals surface area (Å²) in [6.07, 6.45) is 3.01. The minimum absolute atomic E-state index is 0.00468. The molecule has 0 bridgehead atoms. The number of fused-ring (bicyclic) bond motifs is 1. The lowest BCUT2D eigenvalue weighted by Crippen LogP contribution is -2.44. The maximum Gasteiger partial charge on any atom is 0.274 e. The molecule has 3 heterocycles. The van der Waals surface area contributed by atoms with Gasteiger partial charge in [0.1, 0.15) is 0 Å². The third kappa shape index (κ3) is 2.52. The third-order valence-electron chi connectivity index (χ3n) is 4.28. The van der Waals surface area contributed by atoms with Crippen LogP contribution in [-0.4, -0.2) is 65.3 Å². The van der Waals surface area contributed by atoms with Gasteiger partial charge >= 0.3 is 0 Å². The predicted molar refractivity (Wildman–Crippen MR) is 75.0 cm³/mol. The first-order valence-corrected chi connectivity index (χ1v) is 7.31. The lowest BCUT2D eigenvalue weighted by molar-refractivity contribution is 0.0653. The quantitative estimate of drug-likeness (QED) is 0.804. The van der Waals surface area contributed by atoms with E-state index in [9.17, 15) is 4.79 Å². The van der Waals surface area contributed by atoms with E-state index >= 15 is 0 Å². The van der Waals surface area contributed by atoms with Gasteiger partial charge in [-0.25, -0.2) is 4.68 Å². The van der Waals surface area contributed by atoms with E-state index in [1.165, 1.54) is 0 Å². The van der Waals surface area contributed by atoms with E-state index in [2.05, 4.69) is 17.0 Å². The second-order valence-corrected chi connectivity index (χ2v) is 5.74. The molecule has 0 unspecified atom stereocenters. The molecule has 0 N–H and O–H groups in total. The monoisotopic (exact) mass is 278 g/mol. The number of carbonyl (C=O) groups is 1. The summed E-state index contributed by atoms with van der Waals surface area (Å²) in [5.74, 6) is 0.724. The van der Waals surface area contributed by atoms with Crippen molar-refractivity contribution in [1.29, 1.82) is 0 Å². The summed E-state index contributed by atoms with van der Waals surface area (Å²) in [6.45, 7) is 3.64. The average molecular weight is 278 g/mol. The average Bonchev–Trinajstić information content (AvgIpc) is 2.90. The van der Waals surface area contributed by atoms with Crippen LogP contribution in [0.1, 0.15) is 29.8 Å². The first kappa shape index (κ1) is 13.4. The zero-order valence-electron chi connectivity index (χ0n) is 12.2. The molecule has 1 saturated heterocycles. The van der Waals surface area contributed by atoms with Crippen LogP contribution in [0.3, 0.4) is 0 Å². The highest BCUT2D eigenvalue weighted by molar-refractivity contribution is 5.92. The molecule has 1 aromatic rings. The smallest absolute Gasteiger partial charge is 0.274 e. The number of likely N-dealkylation sites (tertiary alicyclic amines) is 1. The molecule has 20 heavy (non-hydrogen) atoms. The fourth-order valence-electron chi connectivity index (χ4n) is 2.90. The highest BCUT2D eigenvalue weighted by atomic mass is 16.5. The van der Waals surface area contributed by atoms with E-state index in [1.807, 2.05) is 11.9 Å². The number of ether oxygens (including phenoxy) is 1. The van der Waals surface area contributed by atoms with Crippen molar-refractivity contribution in [2.45, 2.75) is 31.8 Å². The van der Waals surface area contributed by atoms with Crippen molar-refractivity contribution in [3.63, 3.8) is 0 Å². The molecule has 6 heteroatoms. The maximum absolute atomic E-state index is 12.5. The van der Waals surface area contributed by atoms with Crippen LogP contribution in [-0.2, 0) is 6.54 Å². The van der Waals surface area contributed by atoms with Gasteiger partial charge in [0.15, 0.2) is 5.69 Å². The first-order valence-electron chi connectivity index (χ1n) is 7.31. The van der Waals surface area contributed by atoms with Crippen LogP contribution >= 0.6 is 0 Å². The second-order valence-electron chi connectivity index (χ2n) is 5.74. The molecule has 0 aliphatic carbocycles. The van der Waals surface area contributed by atoms with Gasteiger partial charge < -0.3 is 14.5 Å². The Morgan fingerprint density at radius 2 is 2.15 bits per heavy atom. The molecular weight excluding hydrogens is 256 g/mol. The fourth-order valence-corrected chi connectivity index (χ4v) is 2.90. The van der Waals surface area contributed by atoms with Crippen molar-refractivity contribution in [3.8, 4) is 5.88 Å². The number of rotatable bonds is 2. The number of aryl methyl sites for hydroxylation is 1. The summed E-state index contributed by atoms with van der Waals surface area (Å²) in [5, 5.41) is 4.37. The van der Waals surface area contributed by atoms with Crippen molar-refractivity contribution in [2.24, 2.45) is 0 Å². The fraction of sp³-hybridized carbons (Fsp3) is 0.714. The largest absolute Gasteiger partial charge is 0.478 e. The van der Waals surface area contributed by atoms with Gasteiger partial charge in [-0.2, -0.15) is 5.10 Å². The van der Waals surface area contributed by atoms with Crippen molar-refractivity contribution >= 4 is 5.91 Å². The Kier molecular flexibility index (Phi) is 3.65. The summed E-state index contributed by atoms with van der Waals surface area (Å²) in [6, 6.07) is 2.09. The van der Waals surface area contributed by atoms with Gasteiger partial charge in [-0.15, -0.1) is 0 Å². The number of hydrogen-bond donors (Lipinski definition) is 0. The van der Waals surface area contributed by atoms with Crippen LogP contribution < -0.4 is 4.74 Å². The summed E-state index contributed by atoms with van der Waals surface area (Å²) in [7, 11) is 4.01. The number of aromatic nitrogens is 2. The van der Waals surface area contributed by atoms with Gasteiger partial charge in [0.25, 0.3) is 5.91 Å². The highest BCUT2D eigenvalue weighted by Gasteiger charge is 2.27. The van der Waals surface area contributed by atoms with Crippen LogP contribution in [0.25, 0.3) is 0 Å². The van der Waals surface area contributed by atoms with Crippen LogP contribution in [0.15, 0.2) is 6.07 Å². The van der Waals surface area contributed by atoms with Crippen molar-refractivity contribution in [1.82, 2.24) is 19.6 Å². The molecule has 0 spiro atoms. The molecule has 2 aliphatic heterocycles. The van der Waals surface area contributed by atoms with Gasteiger partial charge in [0, 0.05) is 32.1 Å². The van der Waals surface area contributed by atoms with E-state index in [0.717, 1.165) is 44.8 Å². The Morgan fingerprint density at radius 3 is 2.85 bits per heavy atom. The maximum atomic E-state index is 12.5. The van der Waals surface area contributed by atoms with Crippen LogP contribution in [0.5, 0.6) is 5.88 Å². The lowest BCUT2D eigenvalue weighted by Gasteiger charge is -2.34. The predicted octanol–water partition coefficient (Wildman–Crippen LogP) is 0.832. The number of amides is 1. The van der Waals surface area contributed by atoms with Crippen molar-refractivity contribution in [3.05, 3.63) is 11.8 Å². The van der Waals surface area contributed by atoms with Gasteiger partial charge in [-0.05, 0) is 33.0 Å². The number of hydrogen-bond acceptors (Lipinski definition) is 4. The third-order valence-corrected chi connectivity index (χ3v) is 4.28. The van der Waals surface area contributed by atoms with Gasteiger partial charge in [0.05, 0.1) is 6.61 Å². The van der Waals surface area contributed by atoms with Crippen LogP contribution in [0.2, 0.25) is 0 Å². The number of carbonyl (C=O) groups excluding carboxylic acids is 1. The molecule has 1 amide bonds. The topological polar surface area (TPSA) is 50.6 Å². The molecular formula is C14H22N4O2. The Labute approximate surface area is 119 Å². The molecule has 0 saturated carbocycles. The summed E-state index contributed by atoms with van der Waals surface area (Å²) in [5.41, 5.74) is 0.503. The van der Waals surface area contributed by atoms with E-state index < -0.39 is 0 Å². The van der Waals surface area contributed by atoms with E-state index in [0.29, 0.717) is 18.3 Å². The zero-order valence-corrected chi connectivity index (χ0v) is 12.2. The molecule has 110 valence electrons. The molecule has 2 aliphatic rings. The van der Waals surface area contributed by atoms with Crippen molar-refractivity contribution in [2.75, 3.05) is 33.8 Å². The standard InChI is InChI=1S/C14H22N4O2/c1-16-7-4-11(5-8-16)17(2)14(19)12-10-13-18(15-12)6-3-9-20-13/h10-11H,3-9H2,1-2H3. The molecule has 3 rings (SSSR count). The SMILES string of the molecule is CN1CCC(N(C)C(=O)c2cc3n(n2)CCCO3)CC1. The minimum atomic E-state index is 0.00468. The van der Waals surface area contributed by atoms with Gasteiger partial charge in [0.2, 0.25) is 5.88 Å². The number of piperidine rings is 1. The van der Waals surface area contributed by atoms with Gasteiger partial charge in [-0.1, -0.05) is 0 Å².